The van der Waals surface area contributed by atoms with E-state index >= 15 is 0 Å². The first-order valence-corrected chi connectivity index (χ1v) is 6.07. The topological polar surface area (TPSA) is 79.8 Å². The highest BCUT2D eigenvalue weighted by Crippen LogP contribution is 1.99. The van der Waals surface area contributed by atoms with Crippen molar-refractivity contribution in [2.75, 3.05) is 20.4 Å². The third-order valence-corrected chi connectivity index (χ3v) is 2.49. The zero-order chi connectivity index (χ0) is 13.9. The minimum Gasteiger partial charge on any atom is -0.480 e. The second-order valence-corrected chi connectivity index (χ2v) is 3.99. The van der Waals surface area contributed by atoms with Crippen molar-refractivity contribution in [3.05, 3.63) is 35.9 Å². The molecule has 0 heterocycles. The van der Waals surface area contributed by atoms with Crippen LogP contribution in [0.25, 0.3) is 0 Å². The van der Waals surface area contributed by atoms with Crippen LogP contribution in [0.5, 0.6) is 0 Å². The number of ether oxygens (including phenoxy) is 1. The molecule has 0 fully saturated rings. The minimum absolute atomic E-state index is 0.210. The number of hydrogen-bond acceptors (Lipinski definition) is 5. The molecule has 0 saturated carbocycles. The smallest absolute Gasteiger partial charge is 0.320 e. The van der Waals surface area contributed by atoms with E-state index in [4.69, 9.17) is 14.7 Å². The van der Waals surface area contributed by atoms with Crippen molar-refractivity contribution >= 4 is 5.97 Å². The first-order valence-electron chi connectivity index (χ1n) is 6.07. The van der Waals surface area contributed by atoms with Crippen molar-refractivity contribution in [3.63, 3.8) is 0 Å². The lowest BCUT2D eigenvalue weighted by Gasteiger charge is -2.14. The minimum atomic E-state index is -0.901. The summed E-state index contributed by atoms with van der Waals surface area (Å²) in [6.07, 6.45) is 0.410. The van der Waals surface area contributed by atoms with Crippen molar-refractivity contribution in [3.8, 4) is 0 Å². The van der Waals surface area contributed by atoms with Gasteiger partial charge in [0.2, 0.25) is 0 Å². The Labute approximate surface area is 112 Å². The van der Waals surface area contributed by atoms with Gasteiger partial charge in [-0.1, -0.05) is 30.3 Å². The summed E-state index contributed by atoms with van der Waals surface area (Å²) in [5.41, 5.74) is 3.81. The molecule has 1 aromatic rings. The summed E-state index contributed by atoms with van der Waals surface area (Å²) in [6, 6.07) is 9.09. The van der Waals surface area contributed by atoms with Crippen LogP contribution in [0.15, 0.2) is 30.3 Å². The molecule has 6 nitrogen and oxygen atoms in total. The third-order valence-electron chi connectivity index (χ3n) is 2.49. The van der Waals surface area contributed by atoms with E-state index in [9.17, 15) is 4.79 Å². The second-order valence-electron chi connectivity index (χ2n) is 3.99. The quantitative estimate of drug-likeness (QED) is 0.330. The van der Waals surface area contributed by atoms with Gasteiger partial charge in [-0.25, -0.2) is 5.48 Å². The molecule has 0 spiro atoms. The number of nitrogens with one attached hydrogen (secondary N) is 2. The maximum Gasteiger partial charge on any atom is 0.320 e. The van der Waals surface area contributed by atoms with E-state index in [0.29, 0.717) is 19.6 Å². The molecule has 0 saturated heterocycles. The molecular weight excluding hydrogens is 248 g/mol. The van der Waals surface area contributed by atoms with Gasteiger partial charge in [-0.2, -0.15) is 0 Å². The Hall–Kier alpha value is -1.47. The van der Waals surface area contributed by atoms with Gasteiger partial charge < -0.3 is 9.84 Å². The number of benzene rings is 1. The van der Waals surface area contributed by atoms with Gasteiger partial charge >= 0.3 is 5.97 Å². The summed E-state index contributed by atoms with van der Waals surface area (Å²) in [4.78, 5) is 16.2. The maximum absolute atomic E-state index is 10.9. The van der Waals surface area contributed by atoms with Gasteiger partial charge in [-0.05, 0) is 12.0 Å². The second kappa shape index (κ2) is 9.46. The van der Waals surface area contributed by atoms with Crippen LogP contribution in [-0.4, -0.2) is 37.5 Å². The van der Waals surface area contributed by atoms with Crippen molar-refractivity contribution < 1.29 is 19.5 Å². The third kappa shape index (κ3) is 6.88. The molecule has 0 aliphatic rings. The van der Waals surface area contributed by atoms with Gasteiger partial charge in [0.15, 0.2) is 0 Å². The number of carbonyl (C=O) groups is 1. The number of rotatable bonds is 10. The standard InChI is InChI=1S/C13H20N2O4/c1-18-10-14-12(13(16)17)7-8-15-19-9-11-5-3-2-4-6-11/h2-6,12,14-15H,7-10H2,1H3,(H,16,17). The lowest BCUT2D eigenvalue weighted by molar-refractivity contribution is -0.140. The summed E-state index contributed by atoms with van der Waals surface area (Å²) in [6.45, 7) is 1.10. The Morgan fingerprint density at radius 1 is 1.37 bits per heavy atom. The predicted octanol–water partition coefficient (Wildman–Crippen LogP) is 0.745. The van der Waals surface area contributed by atoms with E-state index < -0.39 is 12.0 Å². The average Bonchev–Trinajstić information content (AvgIpc) is 2.42. The highest BCUT2D eigenvalue weighted by molar-refractivity contribution is 5.73. The number of carboxylic acids is 1. The van der Waals surface area contributed by atoms with E-state index in [2.05, 4.69) is 10.8 Å². The molecule has 1 atom stereocenters. The lowest BCUT2D eigenvalue weighted by Crippen LogP contribution is -2.40. The Bertz CT molecular complexity index is 359. The normalized spacial score (nSPS) is 12.3. The predicted molar refractivity (Wildman–Crippen MR) is 70.3 cm³/mol. The highest BCUT2D eigenvalue weighted by Gasteiger charge is 2.15. The maximum atomic E-state index is 10.9. The summed E-state index contributed by atoms with van der Waals surface area (Å²) >= 11 is 0. The van der Waals surface area contributed by atoms with E-state index in [1.165, 1.54) is 7.11 Å². The molecule has 0 amide bonds. The van der Waals surface area contributed by atoms with Gasteiger partial charge in [-0.15, -0.1) is 0 Å². The van der Waals surface area contributed by atoms with Gasteiger partial charge in [0.1, 0.15) is 6.04 Å². The van der Waals surface area contributed by atoms with Crippen LogP contribution in [0, 0.1) is 0 Å². The van der Waals surface area contributed by atoms with Gasteiger partial charge in [-0.3, -0.25) is 14.9 Å². The van der Waals surface area contributed by atoms with Gasteiger partial charge in [0.05, 0.1) is 13.3 Å². The van der Waals surface area contributed by atoms with Crippen molar-refractivity contribution in [2.24, 2.45) is 0 Å². The first kappa shape index (κ1) is 15.6. The molecule has 0 aliphatic heterocycles. The van der Waals surface area contributed by atoms with E-state index in [1.807, 2.05) is 30.3 Å². The van der Waals surface area contributed by atoms with Crippen molar-refractivity contribution in [1.29, 1.82) is 0 Å². The van der Waals surface area contributed by atoms with Crippen molar-refractivity contribution in [1.82, 2.24) is 10.8 Å². The highest BCUT2D eigenvalue weighted by atomic mass is 16.6. The Kier molecular flexibility index (Phi) is 7.76. The van der Waals surface area contributed by atoms with E-state index in [0.717, 1.165) is 5.56 Å². The fourth-order valence-corrected chi connectivity index (χ4v) is 1.48. The molecule has 0 radical (unpaired) electrons. The Morgan fingerprint density at radius 3 is 2.74 bits per heavy atom. The Balaban J connectivity index is 2.13. The van der Waals surface area contributed by atoms with Crippen LogP contribution in [0.1, 0.15) is 12.0 Å². The van der Waals surface area contributed by atoms with Crippen LogP contribution >= 0.6 is 0 Å². The number of hydroxylamine groups is 1. The van der Waals surface area contributed by atoms with Crippen LogP contribution in [0.2, 0.25) is 0 Å². The van der Waals surface area contributed by atoms with Gasteiger partial charge in [0.25, 0.3) is 0 Å². The molecule has 106 valence electrons. The lowest BCUT2D eigenvalue weighted by atomic mass is 10.2. The largest absolute Gasteiger partial charge is 0.480 e. The molecule has 1 rings (SSSR count). The fourth-order valence-electron chi connectivity index (χ4n) is 1.48. The summed E-state index contributed by atoms with van der Waals surface area (Å²) in [5.74, 6) is -0.901. The molecule has 19 heavy (non-hydrogen) atoms. The molecule has 0 aromatic heterocycles. The fraction of sp³-hybridized carbons (Fsp3) is 0.462. The van der Waals surface area contributed by atoms with Crippen LogP contribution in [0.4, 0.5) is 0 Å². The van der Waals surface area contributed by atoms with E-state index in [1.54, 1.807) is 0 Å². The first-order chi connectivity index (χ1) is 9.24. The van der Waals surface area contributed by atoms with Crippen LogP contribution in [0.3, 0.4) is 0 Å². The summed E-state index contributed by atoms with van der Waals surface area (Å²) in [7, 11) is 1.51. The van der Waals surface area contributed by atoms with Crippen LogP contribution < -0.4 is 10.8 Å². The zero-order valence-electron chi connectivity index (χ0n) is 11.0. The number of carboxylic acid groups (broad SMARTS) is 1. The summed E-state index contributed by atoms with van der Waals surface area (Å²) < 4.78 is 4.78. The SMILES string of the molecule is COCNC(CCNOCc1ccccc1)C(=O)O. The molecule has 0 aliphatic carbocycles. The van der Waals surface area contributed by atoms with Gasteiger partial charge in [0, 0.05) is 13.7 Å². The molecule has 1 unspecified atom stereocenters. The Morgan fingerprint density at radius 2 is 2.11 bits per heavy atom. The molecule has 1 aromatic carbocycles. The monoisotopic (exact) mass is 268 g/mol. The van der Waals surface area contributed by atoms with Crippen molar-refractivity contribution in [2.45, 2.75) is 19.1 Å². The zero-order valence-corrected chi connectivity index (χ0v) is 11.0. The van der Waals surface area contributed by atoms with E-state index in [-0.39, 0.29) is 6.73 Å². The van der Waals surface area contributed by atoms with Crippen LogP contribution in [-0.2, 0) is 21.0 Å². The average molecular weight is 268 g/mol. The molecule has 6 heteroatoms. The number of methoxy groups -OCH3 is 1. The number of hydrogen-bond donors (Lipinski definition) is 3. The molecule has 3 N–H and O–H groups in total. The number of aliphatic carboxylic acids is 1. The summed E-state index contributed by atoms with van der Waals surface area (Å²) in [5, 5.41) is 11.7. The molecular formula is C13H20N2O4. The molecule has 0 bridgehead atoms.